The second-order valence-corrected chi connectivity index (χ2v) is 7.32. The van der Waals surface area contributed by atoms with Crippen LogP contribution in [-0.2, 0) is 11.3 Å². The summed E-state index contributed by atoms with van der Waals surface area (Å²) in [4.78, 5) is 15.4. The zero-order valence-corrected chi connectivity index (χ0v) is 17.6. The van der Waals surface area contributed by atoms with E-state index in [0.29, 0.717) is 25.0 Å². The van der Waals surface area contributed by atoms with Crippen molar-refractivity contribution in [3.8, 4) is 17.3 Å². The Labute approximate surface area is 182 Å². The molecule has 0 saturated carbocycles. The molecule has 1 fully saturated rings. The quantitative estimate of drug-likeness (QED) is 0.517. The lowest BCUT2D eigenvalue weighted by molar-refractivity contribution is 0.0317. The molecule has 3 aromatic rings. The smallest absolute Gasteiger partial charge is 0.319 e. The number of benzene rings is 1. The van der Waals surface area contributed by atoms with Crippen molar-refractivity contribution in [2.45, 2.75) is 13.5 Å². The highest BCUT2D eigenvalue weighted by Crippen LogP contribution is 2.24. The average Bonchev–Trinajstić information content (AvgIpc) is 2.80. The molecule has 0 amide bonds. The molecule has 0 aliphatic carbocycles. The topological polar surface area (TPSA) is 85.1 Å². The molecule has 8 heteroatoms. The Balaban J connectivity index is 1.48. The van der Waals surface area contributed by atoms with Crippen LogP contribution in [0.25, 0.3) is 11.3 Å². The van der Waals surface area contributed by atoms with Gasteiger partial charge in [-0.3, -0.25) is 9.88 Å². The van der Waals surface area contributed by atoms with Crippen molar-refractivity contribution in [1.29, 1.82) is 0 Å². The number of aryl methyl sites for hydroxylation is 1. The molecule has 8 nitrogen and oxygen atoms in total. The van der Waals surface area contributed by atoms with E-state index in [1.54, 1.807) is 12.4 Å². The fourth-order valence-corrected chi connectivity index (χ4v) is 3.29. The number of azo groups is 1. The van der Waals surface area contributed by atoms with Gasteiger partial charge >= 0.3 is 6.01 Å². The highest BCUT2D eigenvalue weighted by atomic mass is 16.5. The molecule has 0 bridgehead atoms. The number of hydrogen-bond acceptors (Lipinski definition) is 8. The average molecular weight is 419 g/mol. The van der Waals surface area contributed by atoms with E-state index < -0.39 is 0 Å². The van der Waals surface area contributed by atoms with Crippen LogP contribution in [0.1, 0.15) is 11.1 Å². The maximum absolute atomic E-state index is 5.87. The molecule has 0 atom stereocenters. The van der Waals surface area contributed by atoms with Crippen molar-refractivity contribution in [2.75, 3.05) is 39.5 Å². The van der Waals surface area contributed by atoms with Gasteiger partial charge in [0, 0.05) is 43.7 Å². The first-order valence-electron chi connectivity index (χ1n) is 10.4. The van der Waals surface area contributed by atoms with E-state index in [-0.39, 0.29) is 0 Å². The van der Waals surface area contributed by atoms with Gasteiger partial charge in [-0.15, -0.1) is 5.11 Å². The number of nitrogens with zero attached hydrogens (tertiary/aromatic N) is 6. The van der Waals surface area contributed by atoms with Gasteiger partial charge in [0.1, 0.15) is 6.61 Å². The monoisotopic (exact) mass is 418 g/mol. The summed E-state index contributed by atoms with van der Waals surface area (Å²) in [6.45, 7) is 7.21. The summed E-state index contributed by atoms with van der Waals surface area (Å²) >= 11 is 0. The molecule has 0 unspecified atom stereocenters. The maximum Gasteiger partial charge on any atom is 0.319 e. The predicted octanol–water partition coefficient (Wildman–Crippen LogP) is 3.84. The van der Waals surface area contributed by atoms with Crippen molar-refractivity contribution >= 4 is 5.82 Å². The molecule has 4 rings (SSSR count). The van der Waals surface area contributed by atoms with Gasteiger partial charge in [-0.25, -0.2) is 0 Å². The highest BCUT2D eigenvalue weighted by molar-refractivity contribution is 5.61. The van der Waals surface area contributed by atoms with Crippen molar-refractivity contribution in [3.63, 3.8) is 0 Å². The Hall–Kier alpha value is -3.23. The molecular formula is C23H26N6O2. The number of rotatable bonds is 8. The van der Waals surface area contributed by atoms with Gasteiger partial charge in [0.2, 0.25) is 0 Å². The molecule has 1 aliphatic heterocycles. The molecule has 0 radical (unpaired) electrons. The summed E-state index contributed by atoms with van der Waals surface area (Å²) in [6.07, 6.45) is 3.46. The molecule has 3 heterocycles. The number of ether oxygens (including phenoxy) is 2. The second-order valence-electron chi connectivity index (χ2n) is 7.32. The Bertz CT molecular complexity index is 1010. The third-order valence-electron chi connectivity index (χ3n) is 4.92. The van der Waals surface area contributed by atoms with E-state index in [4.69, 9.17) is 9.47 Å². The van der Waals surface area contributed by atoms with Gasteiger partial charge in [0.15, 0.2) is 5.82 Å². The summed E-state index contributed by atoms with van der Waals surface area (Å²) in [5, 5.41) is 8.65. The van der Waals surface area contributed by atoms with E-state index in [2.05, 4.69) is 49.1 Å². The molecule has 2 aromatic heterocycles. The van der Waals surface area contributed by atoms with E-state index >= 15 is 0 Å². The van der Waals surface area contributed by atoms with Gasteiger partial charge < -0.3 is 9.47 Å². The molecule has 1 aromatic carbocycles. The minimum absolute atomic E-state index is 0.298. The van der Waals surface area contributed by atoms with Crippen molar-refractivity contribution in [2.24, 2.45) is 10.2 Å². The fraction of sp³-hybridized carbons (Fsp3) is 0.348. The summed E-state index contributed by atoms with van der Waals surface area (Å²) in [5.74, 6) is 0.468. The zero-order chi connectivity index (χ0) is 21.3. The minimum atomic E-state index is 0.298. The van der Waals surface area contributed by atoms with Crippen LogP contribution in [0.4, 0.5) is 5.82 Å². The van der Waals surface area contributed by atoms with Crippen LogP contribution < -0.4 is 4.74 Å². The lowest BCUT2D eigenvalue weighted by Gasteiger charge is -2.26. The van der Waals surface area contributed by atoms with E-state index in [0.717, 1.165) is 49.7 Å². The number of hydrogen-bond donors (Lipinski definition) is 0. The number of aromatic nitrogens is 3. The van der Waals surface area contributed by atoms with Crippen LogP contribution in [0.5, 0.6) is 6.01 Å². The second kappa shape index (κ2) is 10.7. The largest absolute Gasteiger partial charge is 0.462 e. The van der Waals surface area contributed by atoms with E-state index in [9.17, 15) is 0 Å². The Morgan fingerprint density at radius 1 is 1.06 bits per heavy atom. The van der Waals surface area contributed by atoms with Gasteiger partial charge in [-0.1, -0.05) is 29.8 Å². The van der Waals surface area contributed by atoms with Crippen LogP contribution in [0, 0.1) is 6.92 Å². The third kappa shape index (κ3) is 6.37. The van der Waals surface area contributed by atoms with Gasteiger partial charge in [-0.05, 0) is 24.6 Å². The maximum atomic E-state index is 5.87. The van der Waals surface area contributed by atoms with Crippen molar-refractivity contribution in [3.05, 3.63) is 66.0 Å². The van der Waals surface area contributed by atoms with Crippen LogP contribution in [-0.4, -0.2) is 59.3 Å². The molecule has 0 spiro atoms. The first-order valence-corrected chi connectivity index (χ1v) is 10.4. The Kier molecular flexibility index (Phi) is 7.25. The minimum Gasteiger partial charge on any atom is -0.462 e. The lowest BCUT2D eigenvalue weighted by atomic mass is 10.1. The van der Waals surface area contributed by atoms with E-state index in [1.807, 2.05) is 30.3 Å². The van der Waals surface area contributed by atoms with E-state index in [1.165, 1.54) is 5.56 Å². The van der Waals surface area contributed by atoms with Gasteiger partial charge in [0.05, 0.1) is 25.5 Å². The Morgan fingerprint density at radius 3 is 2.71 bits per heavy atom. The van der Waals surface area contributed by atoms with Crippen LogP contribution in [0.3, 0.4) is 0 Å². The normalized spacial score (nSPS) is 14.7. The molecule has 0 N–H and O–H groups in total. The van der Waals surface area contributed by atoms with Gasteiger partial charge in [0.25, 0.3) is 0 Å². The fourth-order valence-electron chi connectivity index (χ4n) is 3.29. The summed E-state index contributed by atoms with van der Waals surface area (Å²) in [5.41, 5.74) is 3.95. The Morgan fingerprint density at radius 2 is 1.90 bits per heavy atom. The summed E-state index contributed by atoms with van der Waals surface area (Å²) in [6, 6.07) is 14.1. The third-order valence-corrected chi connectivity index (χ3v) is 4.92. The van der Waals surface area contributed by atoms with Crippen LogP contribution in [0.2, 0.25) is 0 Å². The lowest BCUT2D eigenvalue weighted by Crippen LogP contribution is -2.38. The van der Waals surface area contributed by atoms with Crippen LogP contribution in [0.15, 0.2) is 65.1 Å². The molecular weight excluding hydrogens is 392 g/mol. The SMILES string of the molecule is Cc1cccc(CN=Nc2cc(-c3ccncc3)nc(OCCN3CCOCC3)n2)c1. The van der Waals surface area contributed by atoms with Crippen molar-refractivity contribution < 1.29 is 9.47 Å². The predicted molar refractivity (Wildman–Crippen MR) is 117 cm³/mol. The van der Waals surface area contributed by atoms with Crippen molar-refractivity contribution in [1.82, 2.24) is 19.9 Å². The molecule has 1 saturated heterocycles. The highest BCUT2D eigenvalue weighted by Gasteiger charge is 2.12. The first-order chi connectivity index (χ1) is 15.3. The first kappa shape index (κ1) is 21.0. The molecule has 160 valence electrons. The summed E-state index contributed by atoms with van der Waals surface area (Å²) < 4.78 is 11.3. The number of morpholine rings is 1. The van der Waals surface area contributed by atoms with Crippen LogP contribution >= 0.6 is 0 Å². The summed E-state index contributed by atoms with van der Waals surface area (Å²) in [7, 11) is 0. The van der Waals surface area contributed by atoms with Gasteiger partial charge in [-0.2, -0.15) is 15.1 Å². The zero-order valence-electron chi connectivity index (χ0n) is 17.6. The standard InChI is InChI=1S/C23H26N6O2/c1-18-3-2-4-19(15-18)17-25-28-22-16-21(20-5-7-24-8-6-20)26-23(27-22)31-14-11-29-9-12-30-13-10-29/h2-8,15-16H,9-14,17H2,1H3. The number of pyridine rings is 1. The molecule has 1 aliphatic rings. The molecule has 31 heavy (non-hydrogen) atoms.